The first-order valence-electron chi connectivity index (χ1n) is 6.76. The number of rotatable bonds is 5. The summed E-state index contributed by atoms with van der Waals surface area (Å²) in [5.74, 6) is -0.586. The minimum absolute atomic E-state index is 0.0434. The lowest BCUT2D eigenvalue weighted by Gasteiger charge is -2.05. The second-order valence-electron chi connectivity index (χ2n) is 4.75. The summed E-state index contributed by atoms with van der Waals surface area (Å²) in [6.07, 6.45) is 0. The number of carbonyl (C=O) groups is 1. The Hall–Kier alpha value is -3.05. The summed E-state index contributed by atoms with van der Waals surface area (Å²) in [7, 11) is 0. The van der Waals surface area contributed by atoms with Gasteiger partial charge < -0.3 is 5.32 Å². The molecule has 0 atom stereocenters. The van der Waals surface area contributed by atoms with Crippen molar-refractivity contribution in [1.82, 2.24) is 19.8 Å². The molecule has 1 aromatic carbocycles. The first kappa shape index (κ1) is 16.8. The molecule has 12 heteroatoms. The third-order valence-electron chi connectivity index (χ3n) is 3.07. The Labute approximate surface area is 148 Å². The molecule has 25 heavy (non-hydrogen) atoms. The van der Waals surface area contributed by atoms with Gasteiger partial charge in [0.15, 0.2) is 0 Å². The first-order chi connectivity index (χ1) is 12.0. The molecule has 0 radical (unpaired) electrons. The minimum atomic E-state index is -0.658. The maximum Gasteiger partial charge on any atom is 0.369 e. The summed E-state index contributed by atoms with van der Waals surface area (Å²) in [4.78, 5) is 34.4. The Morgan fingerprint density at radius 2 is 2.16 bits per heavy atom. The van der Waals surface area contributed by atoms with E-state index in [1.165, 1.54) is 23.5 Å². The zero-order chi connectivity index (χ0) is 18.0. The van der Waals surface area contributed by atoms with Crippen molar-refractivity contribution in [2.75, 3.05) is 5.32 Å². The number of nitrogens with zero attached hydrogens (tertiary/aromatic N) is 5. The lowest BCUT2D eigenvalue weighted by molar-refractivity contribution is -0.384. The number of nitro benzene ring substituents is 1. The molecule has 0 aliphatic carbocycles. The fourth-order valence-corrected chi connectivity index (χ4v) is 2.82. The standard InChI is InChI=1S/C13H9ClN6O4S/c14-9-4-3-8(6-10(9)20(23)24)15-11(21)7-18-13(22)19(17-16-18)12-2-1-5-25-12/h1-6H,7H2,(H,15,21). The molecule has 0 aliphatic rings. The van der Waals surface area contributed by atoms with Crippen LogP contribution in [0.5, 0.6) is 0 Å². The van der Waals surface area contributed by atoms with Crippen LogP contribution in [-0.4, -0.2) is 30.6 Å². The summed E-state index contributed by atoms with van der Waals surface area (Å²) >= 11 is 7.01. The van der Waals surface area contributed by atoms with Crippen LogP contribution in [0.3, 0.4) is 0 Å². The topological polar surface area (TPSA) is 125 Å². The molecule has 0 bridgehead atoms. The summed E-state index contributed by atoms with van der Waals surface area (Å²) in [6, 6.07) is 7.29. The number of halogens is 1. The maximum absolute atomic E-state index is 12.2. The lowest BCUT2D eigenvalue weighted by Crippen LogP contribution is -2.29. The normalized spacial score (nSPS) is 10.6. The van der Waals surface area contributed by atoms with E-state index in [0.717, 1.165) is 15.4 Å². The Balaban J connectivity index is 1.75. The predicted octanol–water partition coefficient (Wildman–Crippen LogP) is 1.69. The summed E-state index contributed by atoms with van der Waals surface area (Å²) in [6.45, 7) is -0.388. The van der Waals surface area contributed by atoms with Crippen molar-refractivity contribution < 1.29 is 9.72 Å². The van der Waals surface area contributed by atoms with Crippen molar-refractivity contribution in [2.24, 2.45) is 0 Å². The number of hydrogen-bond donors (Lipinski definition) is 1. The van der Waals surface area contributed by atoms with E-state index in [1.807, 2.05) is 0 Å². The molecule has 0 fully saturated rings. The number of tetrazole rings is 1. The van der Waals surface area contributed by atoms with Crippen LogP contribution in [0.25, 0.3) is 5.00 Å². The molecule has 3 aromatic rings. The fourth-order valence-electron chi connectivity index (χ4n) is 1.97. The van der Waals surface area contributed by atoms with Crippen molar-refractivity contribution in [3.8, 4) is 5.00 Å². The molecule has 0 aliphatic heterocycles. The van der Waals surface area contributed by atoms with Crippen LogP contribution in [0.1, 0.15) is 0 Å². The van der Waals surface area contributed by atoms with E-state index in [9.17, 15) is 19.7 Å². The van der Waals surface area contributed by atoms with E-state index in [0.29, 0.717) is 5.00 Å². The van der Waals surface area contributed by atoms with Crippen molar-refractivity contribution in [1.29, 1.82) is 0 Å². The van der Waals surface area contributed by atoms with Crippen molar-refractivity contribution in [3.63, 3.8) is 0 Å². The van der Waals surface area contributed by atoms with Crippen LogP contribution in [-0.2, 0) is 11.3 Å². The molecule has 3 rings (SSSR count). The zero-order valence-electron chi connectivity index (χ0n) is 12.3. The summed E-state index contributed by atoms with van der Waals surface area (Å²) in [5.41, 5.74) is -0.722. The molecule has 0 unspecified atom stereocenters. The fraction of sp³-hybridized carbons (Fsp3) is 0.0769. The van der Waals surface area contributed by atoms with Crippen LogP contribution in [0.4, 0.5) is 11.4 Å². The van der Waals surface area contributed by atoms with Gasteiger partial charge in [0.2, 0.25) is 5.91 Å². The minimum Gasteiger partial charge on any atom is -0.324 e. The SMILES string of the molecule is O=C(Cn1nnn(-c2cccs2)c1=O)Nc1ccc(Cl)c([N+](=O)[O-])c1. The average Bonchev–Trinajstić information content (AvgIpc) is 3.20. The molecule has 1 amide bonds. The second kappa shape index (κ2) is 6.83. The molecule has 10 nitrogen and oxygen atoms in total. The molecule has 0 saturated carbocycles. The van der Waals surface area contributed by atoms with Gasteiger partial charge in [-0.2, -0.15) is 9.36 Å². The molecular formula is C13H9ClN6O4S. The third kappa shape index (κ3) is 3.56. The highest BCUT2D eigenvalue weighted by atomic mass is 35.5. The van der Waals surface area contributed by atoms with E-state index in [1.54, 1.807) is 17.5 Å². The molecular weight excluding hydrogens is 372 g/mol. The quantitative estimate of drug-likeness (QED) is 0.530. The Morgan fingerprint density at radius 1 is 1.36 bits per heavy atom. The number of hydrogen-bond acceptors (Lipinski definition) is 7. The number of benzene rings is 1. The van der Waals surface area contributed by atoms with Gasteiger partial charge in [0.1, 0.15) is 16.6 Å². The molecule has 2 aromatic heterocycles. The number of amides is 1. The second-order valence-corrected chi connectivity index (χ2v) is 6.09. The zero-order valence-corrected chi connectivity index (χ0v) is 13.9. The van der Waals surface area contributed by atoms with Gasteiger partial charge in [-0.05, 0) is 40.1 Å². The lowest BCUT2D eigenvalue weighted by atomic mass is 10.3. The highest BCUT2D eigenvalue weighted by Gasteiger charge is 2.16. The highest BCUT2D eigenvalue weighted by molar-refractivity contribution is 7.12. The van der Waals surface area contributed by atoms with Crippen molar-refractivity contribution >= 4 is 40.2 Å². The molecule has 0 saturated heterocycles. The maximum atomic E-state index is 12.2. The van der Waals surface area contributed by atoms with Crippen LogP contribution in [0.15, 0.2) is 40.5 Å². The van der Waals surface area contributed by atoms with Gasteiger partial charge in [-0.1, -0.05) is 11.6 Å². The van der Waals surface area contributed by atoms with Gasteiger partial charge in [0.25, 0.3) is 5.69 Å². The van der Waals surface area contributed by atoms with Gasteiger partial charge in [-0.15, -0.1) is 11.3 Å². The van der Waals surface area contributed by atoms with E-state index in [4.69, 9.17) is 11.6 Å². The van der Waals surface area contributed by atoms with Crippen molar-refractivity contribution in [2.45, 2.75) is 6.54 Å². The monoisotopic (exact) mass is 380 g/mol. The third-order valence-corrected chi connectivity index (χ3v) is 4.24. The Bertz CT molecular complexity index is 996. The number of nitrogens with one attached hydrogen (secondary N) is 1. The van der Waals surface area contributed by atoms with Gasteiger partial charge in [0.05, 0.1) is 4.92 Å². The van der Waals surface area contributed by atoms with Gasteiger partial charge in [-0.25, -0.2) is 4.79 Å². The number of anilines is 1. The smallest absolute Gasteiger partial charge is 0.324 e. The number of nitro groups is 1. The largest absolute Gasteiger partial charge is 0.369 e. The van der Waals surface area contributed by atoms with Gasteiger partial charge in [-0.3, -0.25) is 14.9 Å². The van der Waals surface area contributed by atoms with Gasteiger partial charge >= 0.3 is 5.69 Å². The average molecular weight is 381 g/mol. The predicted molar refractivity (Wildman–Crippen MR) is 90.2 cm³/mol. The van der Waals surface area contributed by atoms with E-state index < -0.39 is 16.5 Å². The van der Waals surface area contributed by atoms with Crippen LogP contribution in [0.2, 0.25) is 5.02 Å². The van der Waals surface area contributed by atoms with Crippen LogP contribution < -0.4 is 11.0 Å². The first-order valence-corrected chi connectivity index (χ1v) is 8.02. The Morgan fingerprint density at radius 3 is 2.84 bits per heavy atom. The van der Waals surface area contributed by atoms with Gasteiger partial charge in [0, 0.05) is 11.8 Å². The number of aromatic nitrogens is 4. The summed E-state index contributed by atoms with van der Waals surface area (Å²) in [5, 5.41) is 23.0. The highest BCUT2D eigenvalue weighted by Crippen LogP contribution is 2.27. The Kier molecular flexibility index (Phi) is 4.59. The molecule has 1 N–H and O–H groups in total. The van der Waals surface area contributed by atoms with Crippen LogP contribution in [0, 0.1) is 10.1 Å². The number of carbonyl (C=O) groups excluding carboxylic acids is 1. The van der Waals surface area contributed by atoms with Crippen molar-refractivity contribution in [3.05, 3.63) is 61.3 Å². The number of thiophene rings is 1. The summed E-state index contributed by atoms with van der Waals surface area (Å²) < 4.78 is 1.96. The molecule has 0 spiro atoms. The van der Waals surface area contributed by atoms with E-state index in [2.05, 4.69) is 15.7 Å². The van der Waals surface area contributed by atoms with E-state index >= 15 is 0 Å². The molecule has 128 valence electrons. The van der Waals surface area contributed by atoms with E-state index in [-0.39, 0.29) is 22.9 Å². The molecule has 2 heterocycles. The van der Waals surface area contributed by atoms with Crippen LogP contribution >= 0.6 is 22.9 Å².